The lowest BCUT2D eigenvalue weighted by molar-refractivity contribution is -0.122. The number of nitrogens with one attached hydrogen (secondary N) is 2. The van der Waals surface area contributed by atoms with Crippen LogP contribution in [-0.2, 0) is 24.2 Å². The third-order valence-corrected chi connectivity index (χ3v) is 6.23. The number of nitrogens with zero attached hydrogens (tertiary/aromatic N) is 2. The molecule has 140 valence electrons. The van der Waals surface area contributed by atoms with E-state index in [2.05, 4.69) is 33.7 Å². The summed E-state index contributed by atoms with van der Waals surface area (Å²) in [5, 5.41) is 12.1. The number of benzene rings is 1. The molecule has 1 aromatic carbocycles. The highest BCUT2D eigenvalue weighted by Crippen LogP contribution is 2.25. The molecule has 1 aliphatic carbocycles. The van der Waals surface area contributed by atoms with E-state index in [0.717, 1.165) is 16.9 Å². The minimum atomic E-state index is -0.0736. The summed E-state index contributed by atoms with van der Waals surface area (Å²) in [5.41, 5.74) is 4.03. The van der Waals surface area contributed by atoms with Crippen molar-refractivity contribution in [2.24, 2.45) is 0 Å². The maximum absolute atomic E-state index is 12.6. The molecule has 1 aliphatic rings. The summed E-state index contributed by atoms with van der Waals surface area (Å²) < 4.78 is 2.20. The van der Waals surface area contributed by atoms with Crippen LogP contribution in [0, 0.1) is 4.77 Å². The molecule has 0 fully saturated rings. The van der Waals surface area contributed by atoms with Crippen molar-refractivity contribution in [3.63, 3.8) is 0 Å². The number of thiophene rings is 1. The van der Waals surface area contributed by atoms with E-state index in [9.17, 15) is 4.79 Å². The standard InChI is InChI=1S/C20H22N4OS2/c1-13(15-9-8-14-5-2-3-6-16(14)11-15)21-18(25)12-24-19(22-23-20(24)26)17-7-4-10-27-17/h4,7-11,13H,2-3,5-6,12H2,1H3,(H,21,25)(H,23,26)/t13-/m1/s1. The van der Waals surface area contributed by atoms with Gasteiger partial charge in [0.1, 0.15) is 6.54 Å². The molecule has 0 saturated carbocycles. The van der Waals surface area contributed by atoms with E-state index in [-0.39, 0.29) is 18.5 Å². The zero-order chi connectivity index (χ0) is 18.8. The summed E-state index contributed by atoms with van der Waals surface area (Å²) in [5.74, 6) is 0.627. The van der Waals surface area contributed by atoms with Crippen molar-refractivity contribution < 1.29 is 4.79 Å². The van der Waals surface area contributed by atoms with Gasteiger partial charge in [-0.25, -0.2) is 0 Å². The molecule has 0 aliphatic heterocycles. The van der Waals surface area contributed by atoms with E-state index in [1.54, 1.807) is 15.9 Å². The van der Waals surface area contributed by atoms with E-state index < -0.39 is 0 Å². The second kappa shape index (κ2) is 7.78. The number of rotatable bonds is 5. The number of carbonyl (C=O) groups is 1. The smallest absolute Gasteiger partial charge is 0.240 e. The highest BCUT2D eigenvalue weighted by Gasteiger charge is 2.17. The van der Waals surface area contributed by atoms with Crippen molar-refractivity contribution in [2.45, 2.75) is 45.2 Å². The fourth-order valence-corrected chi connectivity index (χ4v) is 4.51. The Kier molecular flexibility index (Phi) is 5.22. The first-order valence-electron chi connectivity index (χ1n) is 9.22. The van der Waals surface area contributed by atoms with Crippen LogP contribution in [0.15, 0.2) is 35.7 Å². The topological polar surface area (TPSA) is 62.7 Å². The first kappa shape index (κ1) is 18.1. The Labute approximate surface area is 167 Å². The number of H-pyrrole nitrogens is 1. The van der Waals surface area contributed by atoms with Gasteiger partial charge in [-0.2, -0.15) is 5.10 Å². The van der Waals surface area contributed by atoms with Crippen molar-refractivity contribution in [3.05, 3.63) is 57.2 Å². The van der Waals surface area contributed by atoms with Crippen LogP contribution >= 0.6 is 23.6 Å². The molecule has 0 spiro atoms. The van der Waals surface area contributed by atoms with Gasteiger partial charge in [-0.15, -0.1) is 11.3 Å². The minimum absolute atomic E-state index is 0.0454. The van der Waals surface area contributed by atoms with Gasteiger partial charge in [0.25, 0.3) is 0 Å². The summed E-state index contributed by atoms with van der Waals surface area (Å²) in [6.07, 6.45) is 4.83. The Balaban J connectivity index is 1.47. The second-order valence-corrected chi connectivity index (χ2v) is 8.27. The Bertz CT molecular complexity index is 1000. The molecular weight excluding hydrogens is 376 g/mol. The molecule has 2 heterocycles. The predicted octanol–water partition coefficient (Wildman–Crippen LogP) is 4.43. The molecule has 0 bridgehead atoms. The van der Waals surface area contributed by atoms with Crippen LogP contribution in [-0.4, -0.2) is 20.7 Å². The third kappa shape index (κ3) is 3.89. The quantitative estimate of drug-likeness (QED) is 0.625. The van der Waals surface area contributed by atoms with Crippen molar-refractivity contribution in [2.75, 3.05) is 0 Å². The number of hydrogen-bond donors (Lipinski definition) is 2. The van der Waals surface area contributed by atoms with Crippen LogP contribution in [0.2, 0.25) is 0 Å². The lowest BCUT2D eigenvalue weighted by atomic mass is 9.89. The van der Waals surface area contributed by atoms with E-state index in [0.29, 0.717) is 10.6 Å². The van der Waals surface area contributed by atoms with Crippen LogP contribution in [0.4, 0.5) is 0 Å². The molecule has 4 rings (SSSR count). The zero-order valence-electron chi connectivity index (χ0n) is 15.2. The van der Waals surface area contributed by atoms with Crippen LogP contribution in [0.1, 0.15) is 42.5 Å². The van der Waals surface area contributed by atoms with Gasteiger partial charge < -0.3 is 5.32 Å². The van der Waals surface area contributed by atoms with Crippen LogP contribution < -0.4 is 5.32 Å². The van der Waals surface area contributed by atoms with E-state index in [1.165, 1.54) is 30.4 Å². The SMILES string of the molecule is C[C@@H](NC(=O)Cn1c(-c2cccs2)n[nH]c1=S)c1ccc2c(c1)CCCC2. The summed E-state index contributed by atoms with van der Waals surface area (Å²) in [6.45, 7) is 2.18. The van der Waals surface area contributed by atoms with Gasteiger partial charge in [0.15, 0.2) is 10.6 Å². The molecule has 0 radical (unpaired) electrons. The molecular formula is C20H22N4OS2. The van der Waals surface area contributed by atoms with Crippen molar-refractivity contribution in [1.29, 1.82) is 0 Å². The maximum Gasteiger partial charge on any atom is 0.240 e. The summed E-state index contributed by atoms with van der Waals surface area (Å²) in [4.78, 5) is 13.6. The van der Waals surface area contributed by atoms with Crippen molar-refractivity contribution >= 4 is 29.5 Å². The van der Waals surface area contributed by atoms with Gasteiger partial charge in [-0.3, -0.25) is 14.5 Å². The van der Waals surface area contributed by atoms with Crippen LogP contribution in [0.3, 0.4) is 0 Å². The van der Waals surface area contributed by atoms with Crippen LogP contribution in [0.25, 0.3) is 10.7 Å². The molecule has 5 nitrogen and oxygen atoms in total. The number of aromatic nitrogens is 3. The normalized spacial score (nSPS) is 14.6. The lowest BCUT2D eigenvalue weighted by Gasteiger charge is -2.20. The first-order chi connectivity index (χ1) is 13.1. The molecule has 2 aromatic heterocycles. The second-order valence-electron chi connectivity index (χ2n) is 6.94. The molecule has 2 N–H and O–H groups in total. The van der Waals surface area contributed by atoms with Gasteiger partial charge in [0.05, 0.1) is 10.9 Å². The van der Waals surface area contributed by atoms with Gasteiger partial charge in [0, 0.05) is 0 Å². The van der Waals surface area contributed by atoms with Crippen LogP contribution in [0.5, 0.6) is 0 Å². The van der Waals surface area contributed by atoms with E-state index in [1.807, 2.05) is 24.4 Å². The largest absolute Gasteiger partial charge is 0.348 e. The molecule has 1 amide bonds. The summed E-state index contributed by atoms with van der Waals surface area (Å²) >= 11 is 6.88. The molecule has 0 unspecified atom stereocenters. The highest BCUT2D eigenvalue weighted by atomic mass is 32.1. The molecule has 1 atom stereocenters. The fraction of sp³-hybridized carbons (Fsp3) is 0.350. The number of hydrogen-bond acceptors (Lipinski definition) is 4. The van der Waals surface area contributed by atoms with Crippen molar-refractivity contribution in [3.8, 4) is 10.7 Å². The first-order valence-corrected chi connectivity index (χ1v) is 10.5. The van der Waals surface area contributed by atoms with Crippen molar-refractivity contribution in [1.82, 2.24) is 20.1 Å². The number of aryl methyl sites for hydroxylation is 2. The molecule has 0 saturated heterocycles. The monoisotopic (exact) mass is 398 g/mol. The average molecular weight is 399 g/mol. The Morgan fingerprint density at radius 1 is 1.33 bits per heavy atom. The highest BCUT2D eigenvalue weighted by molar-refractivity contribution is 7.71. The maximum atomic E-state index is 12.6. The van der Waals surface area contributed by atoms with E-state index >= 15 is 0 Å². The molecule has 3 aromatic rings. The summed E-state index contributed by atoms with van der Waals surface area (Å²) in [7, 11) is 0. The summed E-state index contributed by atoms with van der Waals surface area (Å²) in [6, 6.07) is 10.5. The average Bonchev–Trinajstić information content (AvgIpc) is 3.32. The zero-order valence-corrected chi connectivity index (χ0v) is 16.8. The number of aromatic amines is 1. The predicted molar refractivity (Wildman–Crippen MR) is 110 cm³/mol. The molecule has 27 heavy (non-hydrogen) atoms. The Hall–Kier alpha value is -2.25. The number of amides is 1. The van der Waals surface area contributed by atoms with Gasteiger partial charge in [-0.05, 0) is 73.0 Å². The number of fused-ring (bicyclic) bond motifs is 1. The Morgan fingerprint density at radius 3 is 2.93 bits per heavy atom. The van der Waals surface area contributed by atoms with Gasteiger partial charge in [-0.1, -0.05) is 24.3 Å². The Morgan fingerprint density at radius 2 is 2.15 bits per heavy atom. The lowest BCUT2D eigenvalue weighted by Crippen LogP contribution is -2.30. The third-order valence-electron chi connectivity index (χ3n) is 5.05. The fourth-order valence-electron chi connectivity index (χ4n) is 3.60. The number of carbonyl (C=O) groups excluding carboxylic acids is 1. The molecule has 7 heteroatoms. The van der Waals surface area contributed by atoms with E-state index in [4.69, 9.17) is 12.2 Å². The van der Waals surface area contributed by atoms with Gasteiger partial charge >= 0.3 is 0 Å². The minimum Gasteiger partial charge on any atom is -0.348 e. The van der Waals surface area contributed by atoms with Gasteiger partial charge in [0.2, 0.25) is 5.91 Å².